The van der Waals surface area contributed by atoms with Gasteiger partial charge in [-0.25, -0.2) is 14.4 Å². The van der Waals surface area contributed by atoms with Gasteiger partial charge in [-0.1, -0.05) is 54.1 Å². The van der Waals surface area contributed by atoms with Crippen molar-refractivity contribution in [1.29, 1.82) is 5.41 Å². The van der Waals surface area contributed by atoms with Gasteiger partial charge < -0.3 is 11.1 Å². The molecule has 0 saturated carbocycles. The third kappa shape index (κ3) is 4.54. The predicted octanol–water partition coefficient (Wildman–Crippen LogP) is 5.49. The summed E-state index contributed by atoms with van der Waals surface area (Å²) in [4.78, 5) is 22.0. The van der Waals surface area contributed by atoms with Gasteiger partial charge in [-0.2, -0.15) is 0 Å². The number of aryl methyl sites for hydroxylation is 1. The van der Waals surface area contributed by atoms with E-state index in [-0.39, 0.29) is 29.3 Å². The van der Waals surface area contributed by atoms with E-state index in [9.17, 15) is 9.18 Å². The molecule has 37 heavy (non-hydrogen) atoms. The summed E-state index contributed by atoms with van der Waals surface area (Å²) in [6.07, 6.45) is 1.30. The Morgan fingerprint density at radius 1 is 1.08 bits per heavy atom. The summed E-state index contributed by atoms with van der Waals surface area (Å²) >= 11 is 6.00. The molecule has 0 amide bonds. The molecule has 0 aliphatic rings. The van der Waals surface area contributed by atoms with Crippen LogP contribution in [0.25, 0.3) is 16.5 Å². The van der Waals surface area contributed by atoms with Crippen molar-refractivity contribution in [1.82, 2.24) is 14.5 Å². The van der Waals surface area contributed by atoms with E-state index in [2.05, 4.69) is 15.3 Å². The molecule has 0 aliphatic heterocycles. The van der Waals surface area contributed by atoms with Crippen LogP contribution in [0.4, 0.5) is 16.0 Å². The molecule has 2 aromatic heterocycles. The predicted molar refractivity (Wildman–Crippen MR) is 145 cm³/mol. The van der Waals surface area contributed by atoms with Gasteiger partial charge in [-0.15, -0.1) is 0 Å². The molecule has 0 spiro atoms. The number of rotatable bonds is 6. The Morgan fingerprint density at radius 2 is 1.84 bits per heavy atom. The smallest absolute Gasteiger partial charge is 0.263 e. The maximum absolute atomic E-state index is 14.9. The largest absolute Gasteiger partial charge is 0.383 e. The van der Waals surface area contributed by atoms with Gasteiger partial charge in [0.05, 0.1) is 28.9 Å². The van der Waals surface area contributed by atoms with Crippen LogP contribution in [0.3, 0.4) is 0 Å². The first-order valence-corrected chi connectivity index (χ1v) is 11.8. The van der Waals surface area contributed by atoms with E-state index >= 15 is 0 Å². The lowest BCUT2D eigenvalue weighted by Crippen LogP contribution is -2.25. The number of hydrogen-bond donors (Lipinski definition) is 3. The van der Waals surface area contributed by atoms with Crippen LogP contribution in [0.15, 0.2) is 83.9 Å². The van der Waals surface area contributed by atoms with Gasteiger partial charge in [-0.05, 0) is 48.2 Å². The van der Waals surface area contributed by atoms with Crippen molar-refractivity contribution >= 4 is 39.7 Å². The van der Waals surface area contributed by atoms with Crippen LogP contribution in [0.5, 0.6) is 0 Å². The highest BCUT2D eigenvalue weighted by Gasteiger charge is 2.19. The second-order valence-corrected chi connectivity index (χ2v) is 8.92. The third-order valence-electron chi connectivity index (χ3n) is 6.12. The number of para-hydroxylation sites is 1. The fraction of sp³-hybridized carbons (Fsp3) is 0.0714. The maximum Gasteiger partial charge on any atom is 0.263 e. The van der Waals surface area contributed by atoms with Gasteiger partial charge in [0.1, 0.15) is 23.8 Å². The molecular weight excluding hydrogens is 491 g/mol. The molecule has 4 N–H and O–H groups in total. The molecule has 0 radical (unpaired) electrons. The van der Waals surface area contributed by atoms with Crippen molar-refractivity contribution in [2.24, 2.45) is 0 Å². The van der Waals surface area contributed by atoms with Gasteiger partial charge in [0.25, 0.3) is 5.56 Å². The SMILES string of the molecule is Cc1cccc2cc(CNc3ncnc(N)c3C(=N)c3ccc(Cl)cc3)n(-c3ccccc3F)c(=O)c12. The lowest BCUT2D eigenvalue weighted by atomic mass is 10.0. The summed E-state index contributed by atoms with van der Waals surface area (Å²) in [7, 11) is 0. The van der Waals surface area contributed by atoms with E-state index in [4.69, 9.17) is 22.7 Å². The molecule has 5 rings (SSSR count). The van der Waals surface area contributed by atoms with Crippen LogP contribution >= 0.6 is 11.6 Å². The topological polar surface area (TPSA) is 110 Å². The van der Waals surface area contributed by atoms with Gasteiger partial charge in [-0.3, -0.25) is 14.8 Å². The minimum atomic E-state index is -0.518. The second kappa shape index (κ2) is 9.83. The Morgan fingerprint density at radius 3 is 2.59 bits per heavy atom. The molecule has 0 fully saturated rings. The first kappa shape index (κ1) is 24.1. The van der Waals surface area contributed by atoms with Crippen LogP contribution in [-0.4, -0.2) is 20.2 Å². The summed E-state index contributed by atoms with van der Waals surface area (Å²) in [6, 6.07) is 20.3. The zero-order chi connectivity index (χ0) is 26.1. The molecule has 0 saturated heterocycles. The first-order chi connectivity index (χ1) is 17.8. The summed E-state index contributed by atoms with van der Waals surface area (Å²) in [5.41, 5.74) is 8.28. The van der Waals surface area contributed by atoms with Crippen LogP contribution in [0.2, 0.25) is 5.02 Å². The Hall–Kier alpha value is -4.56. The Balaban J connectivity index is 1.61. The van der Waals surface area contributed by atoms with Crippen LogP contribution in [-0.2, 0) is 6.54 Å². The summed E-state index contributed by atoms with van der Waals surface area (Å²) < 4.78 is 16.3. The number of nitrogens with one attached hydrogen (secondary N) is 2. The maximum atomic E-state index is 14.9. The van der Waals surface area contributed by atoms with Crippen molar-refractivity contribution in [2.45, 2.75) is 13.5 Å². The van der Waals surface area contributed by atoms with Gasteiger partial charge >= 0.3 is 0 Å². The zero-order valence-corrected chi connectivity index (χ0v) is 20.6. The lowest BCUT2D eigenvalue weighted by molar-refractivity contribution is 0.614. The fourth-order valence-electron chi connectivity index (χ4n) is 4.33. The van der Waals surface area contributed by atoms with E-state index < -0.39 is 5.82 Å². The minimum absolute atomic E-state index is 0.102. The number of nitrogens with zero attached hydrogens (tertiary/aromatic N) is 3. The molecule has 0 bridgehead atoms. The number of anilines is 2. The van der Waals surface area contributed by atoms with Crippen molar-refractivity contribution in [3.05, 3.63) is 123 Å². The Labute approximate surface area is 216 Å². The van der Waals surface area contributed by atoms with Gasteiger partial charge in [0.2, 0.25) is 0 Å². The number of pyridine rings is 1. The summed E-state index contributed by atoms with van der Waals surface area (Å²) in [5, 5.41) is 13.7. The molecule has 3 aromatic carbocycles. The van der Waals surface area contributed by atoms with E-state index in [1.54, 1.807) is 42.5 Å². The number of nitrogen functional groups attached to an aromatic ring is 1. The number of fused-ring (bicyclic) bond motifs is 1. The highest BCUT2D eigenvalue weighted by atomic mass is 35.5. The lowest BCUT2D eigenvalue weighted by Gasteiger charge is -2.18. The Bertz CT molecular complexity index is 1720. The molecular formula is C28H22ClFN6O. The van der Waals surface area contributed by atoms with Crippen molar-refractivity contribution in [3.8, 4) is 5.69 Å². The van der Waals surface area contributed by atoms with Crippen molar-refractivity contribution < 1.29 is 4.39 Å². The highest BCUT2D eigenvalue weighted by molar-refractivity contribution is 6.30. The van der Waals surface area contributed by atoms with Crippen LogP contribution in [0.1, 0.15) is 22.4 Å². The second-order valence-electron chi connectivity index (χ2n) is 8.48. The minimum Gasteiger partial charge on any atom is -0.383 e. The number of aromatic nitrogens is 3. The van der Waals surface area contributed by atoms with Crippen LogP contribution in [0, 0.1) is 18.2 Å². The number of benzene rings is 3. The first-order valence-electron chi connectivity index (χ1n) is 11.4. The summed E-state index contributed by atoms with van der Waals surface area (Å²) in [6.45, 7) is 1.95. The molecule has 7 nitrogen and oxygen atoms in total. The van der Waals surface area contributed by atoms with Crippen molar-refractivity contribution in [3.63, 3.8) is 0 Å². The fourth-order valence-corrected chi connectivity index (χ4v) is 4.46. The van der Waals surface area contributed by atoms with Crippen LogP contribution < -0.4 is 16.6 Å². The number of nitrogens with two attached hydrogens (primary N) is 1. The van der Waals surface area contributed by atoms with E-state index in [1.165, 1.54) is 17.0 Å². The molecule has 2 heterocycles. The number of halogens is 2. The number of hydrogen-bond acceptors (Lipinski definition) is 6. The van der Waals surface area contributed by atoms with Gasteiger partial charge in [0.15, 0.2) is 0 Å². The Kier molecular flexibility index (Phi) is 6.42. The average Bonchev–Trinajstić information content (AvgIpc) is 2.88. The van der Waals surface area contributed by atoms with Gasteiger partial charge in [0, 0.05) is 16.3 Å². The zero-order valence-electron chi connectivity index (χ0n) is 19.8. The third-order valence-corrected chi connectivity index (χ3v) is 6.37. The standard InChI is InChI=1S/C28H22ClFN6O/c1-16-5-4-6-18-13-20(36(28(37)23(16)18)22-8-3-2-7-21(22)30)14-33-27-24(26(32)34-15-35-27)25(31)17-9-11-19(29)12-10-17/h2-13,15,31H,14H2,1H3,(H3,32,33,34,35). The monoisotopic (exact) mass is 512 g/mol. The normalized spacial score (nSPS) is 11.0. The molecule has 184 valence electrons. The molecule has 9 heteroatoms. The molecule has 0 atom stereocenters. The quantitative estimate of drug-likeness (QED) is 0.260. The molecule has 5 aromatic rings. The highest BCUT2D eigenvalue weighted by Crippen LogP contribution is 2.25. The molecule has 0 aliphatic carbocycles. The van der Waals surface area contributed by atoms with Crippen molar-refractivity contribution in [2.75, 3.05) is 11.1 Å². The van der Waals surface area contributed by atoms with E-state index in [1.807, 2.05) is 31.2 Å². The van der Waals surface area contributed by atoms with E-state index in [0.29, 0.717) is 33.0 Å². The summed E-state index contributed by atoms with van der Waals surface area (Å²) in [5.74, 6) is -0.0855. The average molecular weight is 513 g/mol. The van der Waals surface area contributed by atoms with E-state index in [0.717, 1.165) is 10.9 Å². The molecule has 0 unspecified atom stereocenters.